The van der Waals surface area contributed by atoms with Gasteiger partial charge in [-0.25, -0.2) is 0 Å². The van der Waals surface area contributed by atoms with Crippen LogP contribution in [0.2, 0.25) is 0 Å². The Morgan fingerprint density at radius 2 is 1.92 bits per heavy atom. The highest BCUT2D eigenvalue weighted by atomic mass is 16.5. The number of nitrogens with zero attached hydrogens (tertiary/aromatic N) is 3. The summed E-state index contributed by atoms with van der Waals surface area (Å²) in [6, 6.07) is 8.84. The molecule has 0 aliphatic carbocycles. The molecule has 0 bridgehead atoms. The molecule has 4 rings (SSSR count). The van der Waals surface area contributed by atoms with Gasteiger partial charge in [0.05, 0.1) is 20.8 Å². The van der Waals surface area contributed by atoms with Crippen LogP contribution in [0.15, 0.2) is 36.5 Å². The van der Waals surface area contributed by atoms with E-state index in [4.69, 9.17) is 14.2 Å². The summed E-state index contributed by atoms with van der Waals surface area (Å²) in [5.41, 5.74) is 1.08. The van der Waals surface area contributed by atoms with Crippen LogP contribution >= 0.6 is 0 Å². The Morgan fingerprint density at radius 1 is 1.14 bits per heavy atom. The summed E-state index contributed by atoms with van der Waals surface area (Å²) < 4.78 is 17.5. The van der Waals surface area contributed by atoms with Crippen molar-refractivity contribution in [2.75, 3.05) is 41.0 Å². The Bertz CT molecular complexity index is 1040. The molecule has 2 amide bonds. The van der Waals surface area contributed by atoms with Crippen molar-refractivity contribution in [3.05, 3.63) is 47.8 Å². The Morgan fingerprint density at radius 3 is 2.57 bits per heavy atom. The number of ether oxygens (including phenoxy) is 3. The molecular formula is C28H38N4O5. The molecule has 2 aliphatic heterocycles. The number of rotatable bonds is 10. The van der Waals surface area contributed by atoms with Crippen molar-refractivity contribution in [2.24, 2.45) is 0 Å². The van der Waals surface area contributed by atoms with Crippen LogP contribution in [0.4, 0.5) is 0 Å². The van der Waals surface area contributed by atoms with E-state index in [9.17, 15) is 9.59 Å². The number of amides is 2. The summed E-state index contributed by atoms with van der Waals surface area (Å²) in [5, 5.41) is 2.94. The van der Waals surface area contributed by atoms with E-state index in [0.29, 0.717) is 48.6 Å². The highest BCUT2D eigenvalue weighted by Crippen LogP contribution is 2.39. The fraction of sp³-hybridized carbons (Fsp3) is 0.536. The number of pyridine rings is 1. The van der Waals surface area contributed by atoms with Gasteiger partial charge in [-0.2, -0.15) is 0 Å². The monoisotopic (exact) mass is 510 g/mol. The van der Waals surface area contributed by atoms with Gasteiger partial charge in [0.25, 0.3) is 5.91 Å². The standard InChI is InChI=1S/C28H38N4O5/c1-31-15-8-9-21(31)12-16-37-26-24(35-2)17-20(18-25(26)36-3)19-32(23-11-5-7-14-30-27(23)33)28(34)22-10-4-6-13-29-22/h4,6,10,13,17-18,21,23H,5,7-9,11-12,14-16,19H2,1-3H3,(H,30,33)/t21-,23-/m0/s1. The van der Waals surface area contributed by atoms with Gasteiger partial charge < -0.3 is 29.3 Å². The highest BCUT2D eigenvalue weighted by molar-refractivity contribution is 5.96. The molecule has 1 N–H and O–H groups in total. The summed E-state index contributed by atoms with van der Waals surface area (Å²) >= 11 is 0. The maximum atomic E-state index is 13.6. The second-order valence-electron chi connectivity index (χ2n) is 9.69. The second-order valence-corrected chi connectivity index (χ2v) is 9.69. The number of benzene rings is 1. The molecule has 2 aromatic rings. The van der Waals surface area contributed by atoms with Crippen LogP contribution < -0.4 is 19.5 Å². The summed E-state index contributed by atoms with van der Waals surface area (Å²) in [7, 11) is 5.33. The van der Waals surface area contributed by atoms with E-state index in [0.717, 1.165) is 31.4 Å². The zero-order valence-corrected chi connectivity index (χ0v) is 22.1. The van der Waals surface area contributed by atoms with Crippen LogP contribution in [0.3, 0.4) is 0 Å². The molecule has 1 aromatic heterocycles. The van der Waals surface area contributed by atoms with Crippen LogP contribution in [0.5, 0.6) is 17.2 Å². The number of nitrogens with one attached hydrogen (secondary N) is 1. The number of hydrogen-bond acceptors (Lipinski definition) is 7. The number of likely N-dealkylation sites (tertiary alicyclic amines) is 1. The minimum Gasteiger partial charge on any atom is -0.493 e. The molecule has 0 spiro atoms. The van der Waals surface area contributed by atoms with Gasteiger partial charge in [0.2, 0.25) is 11.7 Å². The molecule has 2 atom stereocenters. The first-order chi connectivity index (χ1) is 18.0. The van der Waals surface area contributed by atoms with Gasteiger partial charge in [0.15, 0.2) is 11.5 Å². The third kappa shape index (κ3) is 6.52. The topological polar surface area (TPSA) is 93.2 Å². The predicted octanol–water partition coefficient (Wildman–Crippen LogP) is 3.27. The summed E-state index contributed by atoms with van der Waals surface area (Å²) in [6.45, 7) is 2.49. The fourth-order valence-electron chi connectivity index (χ4n) is 5.19. The van der Waals surface area contributed by atoms with Gasteiger partial charge in [-0.1, -0.05) is 6.07 Å². The van der Waals surface area contributed by atoms with Crippen molar-refractivity contribution in [3.8, 4) is 17.2 Å². The Kier molecular flexibility index (Phi) is 9.22. The number of aromatic nitrogens is 1. The van der Waals surface area contributed by atoms with E-state index in [-0.39, 0.29) is 18.4 Å². The Hall–Kier alpha value is -3.33. The lowest BCUT2D eigenvalue weighted by Gasteiger charge is -2.30. The minimum absolute atomic E-state index is 0.141. The predicted molar refractivity (Wildman–Crippen MR) is 140 cm³/mol. The average molecular weight is 511 g/mol. The SMILES string of the molecule is COc1cc(CN(C(=O)c2ccccn2)[C@H]2CCCCNC2=O)cc(OC)c1OCC[C@@H]1CCCN1C. The van der Waals surface area contributed by atoms with Crippen molar-refractivity contribution in [1.82, 2.24) is 20.1 Å². The molecular weight excluding hydrogens is 472 g/mol. The van der Waals surface area contributed by atoms with Crippen LogP contribution in [-0.4, -0.2) is 79.6 Å². The normalized spacial score (nSPS) is 20.1. The fourth-order valence-corrected chi connectivity index (χ4v) is 5.19. The lowest BCUT2D eigenvalue weighted by atomic mass is 10.1. The van der Waals surface area contributed by atoms with Crippen LogP contribution in [-0.2, 0) is 11.3 Å². The number of carbonyl (C=O) groups excluding carboxylic acids is 2. The van der Waals surface area contributed by atoms with Gasteiger partial charge in [0.1, 0.15) is 11.7 Å². The van der Waals surface area contributed by atoms with E-state index in [1.807, 2.05) is 12.1 Å². The first-order valence-corrected chi connectivity index (χ1v) is 13.1. The molecule has 3 heterocycles. The quantitative estimate of drug-likeness (QED) is 0.524. The third-order valence-corrected chi connectivity index (χ3v) is 7.27. The molecule has 200 valence electrons. The second kappa shape index (κ2) is 12.8. The van der Waals surface area contributed by atoms with Crippen molar-refractivity contribution in [3.63, 3.8) is 0 Å². The van der Waals surface area contributed by atoms with Gasteiger partial charge in [-0.3, -0.25) is 14.6 Å². The molecule has 9 heteroatoms. The molecule has 2 saturated heterocycles. The summed E-state index contributed by atoms with van der Waals surface area (Å²) in [4.78, 5) is 34.7. The lowest BCUT2D eigenvalue weighted by molar-refractivity contribution is -0.125. The molecule has 1 aromatic carbocycles. The van der Waals surface area contributed by atoms with Crippen molar-refractivity contribution < 1.29 is 23.8 Å². The lowest BCUT2D eigenvalue weighted by Crippen LogP contribution is -2.48. The van der Waals surface area contributed by atoms with Crippen LogP contribution in [0, 0.1) is 0 Å². The van der Waals surface area contributed by atoms with Gasteiger partial charge in [-0.15, -0.1) is 0 Å². The molecule has 9 nitrogen and oxygen atoms in total. The smallest absolute Gasteiger partial charge is 0.273 e. The molecule has 2 aliphatic rings. The maximum absolute atomic E-state index is 13.6. The molecule has 0 unspecified atom stereocenters. The van der Waals surface area contributed by atoms with Crippen LogP contribution in [0.25, 0.3) is 0 Å². The van der Waals surface area contributed by atoms with Gasteiger partial charge in [0, 0.05) is 25.3 Å². The van der Waals surface area contributed by atoms with Crippen LogP contribution in [0.1, 0.15) is 54.6 Å². The van der Waals surface area contributed by atoms with E-state index >= 15 is 0 Å². The number of hydrogen-bond donors (Lipinski definition) is 1. The Balaban J connectivity index is 1.58. The van der Waals surface area contributed by atoms with E-state index < -0.39 is 6.04 Å². The zero-order chi connectivity index (χ0) is 26.2. The van der Waals surface area contributed by atoms with Gasteiger partial charge in [-0.05, 0) is 81.9 Å². The molecule has 37 heavy (non-hydrogen) atoms. The van der Waals surface area contributed by atoms with E-state index in [2.05, 4.69) is 22.2 Å². The van der Waals surface area contributed by atoms with Crippen molar-refractivity contribution >= 4 is 11.8 Å². The summed E-state index contributed by atoms with van der Waals surface area (Å²) in [6.07, 6.45) is 7.24. The number of methoxy groups -OCH3 is 2. The maximum Gasteiger partial charge on any atom is 0.273 e. The largest absolute Gasteiger partial charge is 0.493 e. The van der Waals surface area contributed by atoms with Crippen molar-refractivity contribution in [1.29, 1.82) is 0 Å². The minimum atomic E-state index is -0.590. The average Bonchev–Trinajstić information content (AvgIpc) is 3.21. The first-order valence-electron chi connectivity index (χ1n) is 13.1. The molecule has 2 fully saturated rings. The Labute approximate surface area is 219 Å². The van der Waals surface area contributed by atoms with E-state index in [1.165, 1.54) is 12.8 Å². The zero-order valence-electron chi connectivity index (χ0n) is 22.1. The van der Waals surface area contributed by atoms with Crippen molar-refractivity contribution in [2.45, 2.75) is 57.2 Å². The summed E-state index contributed by atoms with van der Waals surface area (Å²) in [5.74, 6) is 1.18. The highest BCUT2D eigenvalue weighted by Gasteiger charge is 2.32. The molecule has 0 saturated carbocycles. The molecule has 0 radical (unpaired) electrons. The first kappa shape index (κ1) is 26.7. The van der Waals surface area contributed by atoms with Gasteiger partial charge >= 0.3 is 0 Å². The third-order valence-electron chi connectivity index (χ3n) is 7.27. The van der Waals surface area contributed by atoms with E-state index in [1.54, 1.807) is 43.5 Å². The number of carbonyl (C=O) groups is 2.